The van der Waals surface area contributed by atoms with Gasteiger partial charge in [0.2, 0.25) is 0 Å². The molecule has 1 atom stereocenters. The van der Waals surface area contributed by atoms with Gasteiger partial charge in [-0.1, -0.05) is 84.5 Å². The fraction of sp³-hybridized carbons (Fsp3) is 0.941. The highest BCUT2D eigenvalue weighted by Crippen LogP contribution is 2.15. The second-order valence-corrected chi connectivity index (χ2v) is 5.73. The molecule has 0 saturated carbocycles. The molecule has 107 valence electrons. The first-order chi connectivity index (χ1) is 8.81. The molecule has 1 unspecified atom stereocenters. The summed E-state index contributed by atoms with van der Waals surface area (Å²) >= 11 is 0. The van der Waals surface area contributed by atoms with Gasteiger partial charge in [-0.05, 0) is 12.3 Å². The largest absolute Gasteiger partial charge is 0.291 e. The van der Waals surface area contributed by atoms with E-state index < -0.39 is 0 Å². The van der Waals surface area contributed by atoms with Crippen LogP contribution in [0.25, 0.3) is 0 Å². The number of carbonyl (C=O) groups excluding carboxylic acids is 1. The Morgan fingerprint density at radius 2 is 1.22 bits per heavy atom. The summed E-state index contributed by atoms with van der Waals surface area (Å²) in [4.78, 5) is 10.0. The smallest absolute Gasteiger partial charge is 0.198 e. The third-order valence-electron chi connectivity index (χ3n) is 3.92. The lowest BCUT2D eigenvalue weighted by atomic mass is 9.99. The van der Waals surface area contributed by atoms with Crippen LogP contribution in [0, 0.1) is 5.92 Å². The molecule has 0 bridgehead atoms. The minimum atomic E-state index is 0.635. The van der Waals surface area contributed by atoms with Crippen molar-refractivity contribution >= 4 is 6.29 Å². The summed E-state index contributed by atoms with van der Waals surface area (Å²) in [5, 5.41) is 0. The Morgan fingerprint density at radius 3 is 1.67 bits per heavy atom. The number of rotatable bonds is 14. The lowest BCUT2D eigenvalue weighted by molar-refractivity contribution is 0.469. The van der Waals surface area contributed by atoms with Crippen LogP contribution in [0.5, 0.6) is 0 Å². The molecule has 1 radical (unpaired) electrons. The summed E-state index contributed by atoms with van der Waals surface area (Å²) in [7, 11) is 0. The Hall–Kier alpha value is -0.330. The molecule has 0 aliphatic heterocycles. The quantitative estimate of drug-likeness (QED) is 0.356. The maximum Gasteiger partial charge on any atom is 0.198 e. The van der Waals surface area contributed by atoms with Crippen molar-refractivity contribution in [1.29, 1.82) is 0 Å². The Morgan fingerprint density at radius 1 is 0.778 bits per heavy atom. The standard InChI is InChI=1S/C17H33O/c1-3-17(2)15-13-11-9-7-5-4-6-8-10-12-14-16-18/h17H,3-15H2,1-2H3. The lowest BCUT2D eigenvalue weighted by Gasteiger charge is -2.07. The van der Waals surface area contributed by atoms with Gasteiger partial charge < -0.3 is 0 Å². The van der Waals surface area contributed by atoms with Gasteiger partial charge >= 0.3 is 0 Å². The van der Waals surface area contributed by atoms with E-state index in [0.29, 0.717) is 6.42 Å². The molecule has 0 aromatic carbocycles. The summed E-state index contributed by atoms with van der Waals surface area (Å²) < 4.78 is 0. The van der Waals surface area contributed by atoms with E-state index >= 15 is 0 Å². The molecule has 0 aromatic rings. The van der Waals surface area contributed by atoms with Crippen LogP contribution in [0.15, 0.2) is 0 Å². The molecule has 18 heavy (non-hydrogen) atoms. The van der Waals surface area contributed by atoms with Crippen molar-refractivity contribution in [2.24, 2.45) is 5.92 Å². The molecule has 0 rings (SSSR count). The van der Waals surface area contributed by atoms with Crippen LogP contribution < -0.4 is 0 Å². The van der Waals surface area contributed by atoms with Gasteiger partial charge in [0.25, 0.3) is 0 Å². The van der Waals surface area contributed by atoms with Crippen molar-refractivity contribution in [3.63, 3.8) is 0 Å². The van der Waals surface area contributed by atoms with Gasteiger partial charge in [-0.25, -0.2) is 0 Å². The maximum absolute atomic E-state index is 10.0. The average molecular weight is 253 g/mol. The van der Waals surface area contributed by atoms with Crippen molar-refractivity contribution in [2.45, 2.75) is 97.3 Å². The fourth-order valence-corrected chi connectivity index (χ4v) is 2.31. The second kappa shape index (κ2) is 14.7. The molecule has 0 saturated heterocycles. The van der Waals surface area contributed by atoms with Gasteiger partial charge in [-0.3, -0.25) is 4.79 Å². The summed E-state index contributed by atoms with van der Waals surface area (Å²) in [6.07, 6.45) is 18.8. The zero-order valence-electron chi connectivity index (χ0n) is 12.7. The predicted molar refractivity (Wildman–Crippen MR) is 80.6 cm³/mol. The van der Waals surface area contributed by atoms with E-state index in [4.69, 9.17) is 0 Å². The molecule has 0 heterocycles. The highest BCUT2D eigenvalue weighted by Gasteiger charge is 1.98. The van der Waals surface area contributed by atoms with Crippen molar-refractivity contribution in [3.8, 4) is 0 Å². The molecule has 0 fully saturated rings. The minimum Gasteiger partial charge on any atom is -0.291 e. The number of unbranched alkanes of at least 4 members (excludes halogenated alkanes) is 10. The first-order valence-electron chi connectivity index (χ1n) is 8.16. The summed E-state index contributed by atoms with van der Waals surface area (Å²) in [5.41, 5.74) is 0. The molecule has 1 nitrogen and oxygen atoms in total. The van der Waals surface area contributed by atoms with E-state index in [2.05, 4.69) is 13.8 Å². The molecule has 0 aliphatic rings. The molecule has 0 spiro atoms. The zero-order valence-corrected chi connectivity index (χ0v) is 12.7. The highest BCUT2D eigenvalue weighted by molar-refractivity contribution is 5.50. The first kappa shape index (κ1) is 17.7. The van der Waals surface area contributed by atoms with Crippen LogP contribution in [0.3, 0.4) is 0 Å². The van der Waals surface area contributed by atoms with Gasteiger partial charge in [0.1, 0.15) is 0 Å². The molecular formula is C17H33O. The van der Waals surface area contributed by atoms with E-state index in [-0.39, 0.29) is 0 Å². The van der Waals surface area contributed by atoms with Crippen molar-refractivity contribution < 1.29 is 4.79 Å². The minimum absolute atomic E-state index is 0.635. The SMILES string of the molecule is CCC(C)CCCCCCCCCCCC[C]=O. The van der Waals surface area contributed by atoms with Gasteiger partial charge in [0.15, 0.2) is 6.29 Å². The van der Waals surface area contributed by atoms with E-state index in [0.717, 1.165) is 12.3 Å². The third-order valence-corrected chi connectivity index (χ3v) is 3.92. The monoisotopic (exact) mass is 253 g/mol. The van der Waals surface area contributed by atoms with Crippen molar-refractivity contribution in [2.75, 3.05) is 0 Å². The van der Waals surface area contributed by atoms with Crippen LogP contribution in [-0.4, -0.2) is 6.29 Å². The Bertz CT molecular complexity index is 165. The molecule has 0 N–H and O–H groups in total. The molecule has 0 aliphatic carbocycles. The summed E-state index contributed by atoms with van der Waals surface area (Å²) in [6.45, 7) is 4.65. The molecular weight excluding hydrogens is 220 g/mol. The van der Waals surface area contributed by atoms with Crippen LogP contribution >= 0.6 is 0 Å². The molecule has 1 heteroatoms. The zero-order chi connectivity index (χ0) is 13.5. The summed E-state index contributed by atoms with van der Waals surface area (Å²) in [5.74, 6) is 0.925. The third kappa shape index (κ3) is 13.7. The molecule has 0 amide bonds. The topological polar surface area (TPSA) is 17.1 Å². The Labute approximate surface area is 115 Å². The number of hydrogen-bond donors (Lipinski definition) is 0. The van der Waals surface area contributed by atoms with E-state index in [9.17, 15) is 4.79 Å². The van der Waals surface area contributed by atoms with Crippen LogP contribution in [-0.2, 0) is 4.79 Å². The average Bonchev–Trinajstić information content (AvgIpc) is 2.39. The van der Waals surface area contributed by atoms with Crippen molar-refractivity contribution in [3.05, 3.63) is 0 Å². The Balaban J connectivity index is 2.96. The van der Waals surface area contributed by atoms with Crippen molar-refractivity contribution in [1.82, 2.24) is 0 Å². The van der Waals surface area contributed by atoms with Gasteiger partial charge in [0.05, 0.1) is 0 Å². The summed E-state index contributed by atoms with van der Waals surface area (Å²) in [6, 6.07) is 0. The number of hydrogen-bond acceptors (Lipinski definition) is 1. The van der Waals surface area contributed by atoms with Crippen LogP contribution in [0.2, 0.25) is 0 Å². The first-order valence-corrected chi connectivity index (χ1v) is 8.16. The van der Waals surface area contributed by atoms with E-state index in [1.54, 1.807) is 0 Å². The van der Waals surface area contributed by atoms with E-state index in [1.807, 2.05) is 6.29 Å². The molecule has 0 aromatic heterocycles. The van der Waals surface area contributed by atoms with Gasteiger partial charge in [0, 0.05) is 6.42 Å². The fourth-order valence-electron chi connectivity index (χ4n) is 2.31. The Kier molecular flexibility index (Phi) is 14.5. The second-order valence-electron chi connectivity index (χ2n) is 5.73. The van der Waals surface area contributed by atoms with Crippen LogP contribution in [0.4, 0.5) is 0 Å². The van der Waals surface area contributed by atoms with Gasteiger partial charge in [-0.2, -0.15) is 0 Å². The van der Waals surface area contributed by atoms with Gasteiger partial charge in [-0.15, -0.1) is 0 Å². The normalized spacial score (nSPS) is 12.6. The predicted octanol–water partition coefficient (Wildman–Crippen LogP) is 5.82. The van der Waals surface area contributed by atoms with E-state index in [1.165, 1.54) is 70.6 Å². The maximum atomic E-state index is 10.0. The lowest BCUT2D eigenvalue weighted by Crippen LogP contribution is -1.91. The highest BCUT2D eigenvalue weighted by atomic mass is 16.1. The van der Waals surface area contributed by atoms with Crippen LogP contribution in [0.1, 0.15) is 97.3 Å².